The molecule has 1 heterocycles. The van der Waals surface area contributed by atoms with Crippen LogP contribution in [0.4, 0.5) is 0 Å². The molecule has 0 aliphatic carbocycles. The summed E-state index contributed by atoms with van der Waals surface area (Å²) in [5.74, 6) is 0. The third kappa shape index (κ3) is 3.51. The van der Waals surface area contributed by atoms with E-state index in [4.69, 9.17) is 0 Å². The zero-order valence-corrected chi connectivity index (χ0v) is 14.7. The van der Waals surface area contributed by atoms with Crippen LogP contribution in [0.5, 0.6) is 0 Å². The van der Waals surface area contributed by atoms with Crippen LogP contribution in [0.1, 0.15) is 25.3 Å². The average molecular weight is 319 g/mol. The lowest BCUT2D eigenvalue weighted by Gasteiger charge is -2.17. The first-order valence-electron chi connectivity index (χ1n) is 8.19. The molecule has 0 aliphatic heterocycles. The quantitative estimate of drug-likeness (QED) is 0.585. The Kier molecular flexibility index (Phi) is 5.20. The third-order valence-electron chi connectivity index (χ3n) is 4.11. The van der Waals surface area contributed by atoms with Crippen LogP contribution < -0.4 is 5.44 Å². The summed E-state index contributed by atoms with van der Waals surface area (Å²) < 4.78 is 0. The molecule has 2 aromatic carbocycles. The second-order valence-electron chi connectivity index (χ2n) is 5.75. The summed E-state index contributed by atoms with van der Waals surface area (Å²) in [6.45, 7) is 2.23. The van der Waals surface area contributed by atoms with Crippen molar-refractivity contribution < 1.29 is 0 Å². The lowest BCUT2D eigenvalue weighted by atomic mass is 9.90. The van der Waals surface area contributed by atoms with E-state index >= 15 is 0 Å². The van der Waals surface area contributed by atoms with Gasteiger partial charge < -0.3 is 0 Å². The van der Waals surface area contributed by atoms with E-state index in [0.717, 1.165) is 11.9 Å². The highest BCUT2D eigenvalue weighted by Gasteiger charge is 2.15. The molecule has 0 aliphatic rings. The van der Waals surface area contributed by atoms with E-state index in [-0.39, 0.29) is 0 Å². The van der Waals surface area contributed by atoms with Crippen LogP contribution in [0.3, 0.4) is 0 Å². The first-order valence-corrected chi connectivity index (χ1v) is 8.77. The Bertz CT molecular complexity index is 767. The van der Waals surface area contributed by atoms with Crippen LogP contribution in [-0.2, 0) is 6.42 Å². The minimum absolute atomic E-state index is 1.01. The van der Waals surface area contributed by atoms with E-state index in [2.05, 4.69) is 81.8 Å². The number of aromatic nitrogens is 1. The van der Waals surface area contributed by atoms with E-state index in [9.17, 15) is 0 Å². The van der Waals surface area contributed by atoms with Crippen molar-refractivity contribution in [1.82, 2.24) is 4.98 Å². The molecule has 0 N–H and O–H groups in total. The van der Waals surface area contributed by atoms with Crippen molar-refractivity contribution in [2.45, 2.75) is 26.2 Å². The SMILES string of the molecule is CCCCc1cnc(P)c(-c2ccccc2)c1-c1ccccc1. The second-order valence-corrected chi connectivity index (χ2v) is 6.30. The van der Waals surface area contributed by atoms with Crippen LogP contribution in [0.2, 0.25) is 0 Å². The molecule has 0 saturated heterocycles. The lowest BCUT2D eigenvalue weighted by molar-refractivity contribution is 0.794. The molecule has 0 bridgehead atoms. The maximum Gasteiger partial charge on any atom is 0.0653 e. The van der Waals surface area contributed by atoms with Crippen LogP contribution in [0.15, 0.2) is 66.9 Å². The number of hydrogen-bond acceptors (Lipinski definition) is 1. The van der Waals surface area contributed by atoms with Crippen molar-refractivity contribution in [3.05, 3.63) is 72.4 Å². The van der Waals surface area contributed by atoms with Gasteiger partial charge in [0.1, 0.15) is 0 Å². The van der Waals surface area contributed by atoms with Crippen molar-refractivity contribution >= 4 is 14.7 Å². The van der Waals surface area contributed by atoms with Crippen molar-refractivity contribution in [3.8, 4) is 22.3 Å². The summed E-state index contributed by atoms with van der Waals surface area (Å²) in [5.41, 5.74) is 7.39. The van der Waals surface area contributed by atoms with E-state index in [1.54, 1.807) is 0 Å². The van der Waals surface area contributed by atoms with Gasteiger partial charge >= 0.3 is 0 Å². The molecule has 1 aromatic heterocycles. The summed E-state index contributed by atoms with van der Waals surface area (Å²) in [4.78, 5) is 4.66. The Morgan fingerprint density at radius 1 is 0.826 bits per heavy atom. The second kappa shape index (κ2) is 7.53. The molecule has 3 rings (SSSR count). The van der Waals surface area contributed by atoms with Gasteiger partial charge in [0, 0.05) is 11.8 Å². The zero-order chi connectivity index (χ0) is 16.1. The minimum Gasteiger partial charge on any atom is -0.256 e. The predicted octanol–water partition coefficient (Wildman–Crippen LogP) is 5.26. The summed E-state index contributed by atoms with van der Waals surface area (Å²) in [6.07, 6.45) is 5.49. The maximum atomic E-state index is 4.66. The van der Waals surface area contributed by atoms with Gasteiger partial charge in [0.15, 0.2) is 0 Å². The highest BCUT2D eigenvalue weighted by Crippen LogP contribution is 2.34. The number of hydrogen-bond donors (Lipinski definition) is 0. The molecule has 23 heavy (non-hydrogen) atoms. The molecule has 0 saturated carbocycles. The zero-order valence-electron chi connectivity index (χ0n) is 13.5. The largest absolute Gasteiger partial charge is 0.256 e. The van der Waals surface area contributed by atoms with Gasteiger partial charge in [-0.05, 0) is 35.1 Å². The number of unbranched alkanes of at least 4 members (excludes halogenated alkanes) is 1. The number of nitrogens with zero attached hydrogens (tertiary/aromatic N) is 1. The van der Waals surface area contributed by atoms with Gasteiger partial charge in [0.25, 0.3) is 0 Å². The first kappa shape index (κ1) is 15.9. The van der Waals surface area contributed by atoms with Crippen molar-refractivity contribution in [2.24, 2.45) is 0 Å². The third-order valence-corrected chi connectivity index (χ3v) is 4.55. The molecule has 0 radical (unpaired) electrons. The van der Waals surface area contributed by atoms with E-state index in [0.29, 0.717) is 0 Å². The molecular formula is C21H22NP. The van der Waals surface area contributed by atoms with E-state index in [1.807, 2.05) is 6.20 Å². The maximum absolute atomic E-state index is 4.66. The lowest BCUT2D eigenvalue weighted by Crippen LogP contribution is -2.08. The number of rotatable bonds is 5. The fourth-order valence-corrected chi connectivity index (χ4v) is 3.34. The minimum atomic E-state index is 1.01. The standard InChI is InChI=1S/C21H22NP/c1-2-3-10-18-15-22-21(23)20(17-13-8-5-9-14-17)19(18)16-11-6-4-7-12-16/h4-9,11-15H,2-3,10,23H2,1H3. The molecule has 1 nitrogen and oxygen atoms in total. The van der Waals surface area contributed by atoms with E-state index in [1.165, 1.54) is 40.7 Å². The summed E-state index contributed by atoms with van der Waals surface area (Å²) in [5, 5.41) is 0. The monoisotopic (exact) mass is 319 g/mol. The fourth-order valence-electron chi connectivity index (χ4n) is 2.95. The predicted molar refractivity (Wildman–Crippen MR) is 103 cm³/mol. The van der Waals surface area contributed by atoms with Gasteiger partial charge in [0.2, 0.25) is 0 Å². The highest BCUT2D eigenvalue weighted by atomic mass is 31.0. The Balaban J connectivity index is 2.25. The number of pyridine rings is 1. The Hall–Kier alpha value is -1.98. The van der Waals surface area contributed by atoms with Gasteiger partial charge in [-0.3, -0.25) is 4.98 Å². The molecule has 0 fully saturated rings. The number of aryl methyl sites for hydroxylation is 1. The van der Waals surface area contributed by atoms with Crippen molar-refractivity contribution in [1.29, 1.82) is 0 Å². The highest BCUT2D eigenvalue weighted by molar-refractivity contribution is 7.27. The Morgan fingerprint density at radius 2 is 1.39 bits per heavy atom. The summed E-state index contributed by atoms with van der Waals surface area (Å²) in [6, 6.07) is 21.2. The number of benzene rings is 2. The van der Waals surface area contributed by atoms with Gasteiger partial charge in [-0.1, -0.05) is 83.2 Å². The van der Waals surface area contributed by atoms with Crippen LogP contribution in [0.25, 0.3) is 22.3 Å². The Labute approximate surface area is 141 Å². The molecule has 116 valence electrons. The van der Waals surface area contributed by atoms with Crippen molar-refractivity contribution in [3.63, 3.8) is 0 Å². The molecular weight excluding hydrogens is 297 g/mol. The summed E-state index contributed by atoms with van der Waals surface area (Å²) >= 11 is 0. The van der Waals surface area contributed by atoms with Crippen LogP contribution in [-0.4, -0.2) is 4.98 Å². The molecule has 0 amide bonds. The fraction of sp³-hybridized carbons (Fsp3) is 0.190. The molecule has 0 spiro atoms. The van der Waals surface area contributed by atoms with Gasteiger partial charge in [0.05, 0.1) is 5.44 Å². The van der Waals surface area contributed by atoms with Gasteiger partial charge in [-0.15, -0.1) is 0 Å². The first-order chi connectivity index (χ1) is 11.3. The average Bonchev–Trinajstić information content (AvgIpc) is 2.62. The molecule has 1 atom stereocenters. The van der Waals surface area contributed by atoms with Crippen molar-refractivity contribution in [2.75, 3.05) is 0 Å². The van der Waals surface area contributed by atoms with Gasteiger partial charge in [-0.25, -0.2) is 0 Å². The summed E-state index contributed by atoms with van der Waals surface area (Å²) in [7, 11) is 2.80. The topological polar surface area (TPSA) is 12.9 Å². The van der Waals surface area contributed by atoms with E-state index < -0.39 is 0 Å². The Morgan fingerprint density at radius 3 is 1.96 bits per heavy atom. The van der Waals surface area contributed by atoms with Crippen LogP contribution >= 0.6 is 9.24 Å². The molecule has 1 unspecified atom stereocenters. The molecule has 2 heteroatoms. The van der Waals surface area contributed by atoms with Crippen LogP contribution in [0, 0.1) is 0 Å². The normalized spacial score (nSPS) is 10.7. The van der Waals surface area contributed by atoms with Gasteiger partial charge in [-0.2, -0.15) is 0 Å². The smallest absolute Gasteiger partial charge is 0.0653 e. The molecule has 3 aromatic rings.